The van der Waals surface area contributed by atoms with Gasteiger partial charge in [0.15, 0.2) is 5.13 Å². The van der Waals surface area contributed by atoms with E-state index >= 15 is 0 Å². The van der Waals surface area contributed by atoms with Gasteiger partial charge in [0.05, 0.1) is 12.1 Å². The Bertz CT molecular complexity index is 896. The van der Waals surface area contributed by atoms with Gasteiger partial charge in [-0.2, -0.15) is 0 Å². The molecular formula is C21H25ClN4O3S. The molecule has 1 aromatic carbocycles. The SMILES string of the molecule is CCCCNC(=O)Cc1csc(NC(=O)CN(C(=O)c2ccc(Cl)cc2)C2CC2)n1. The molecule has 1 heterocycles. The summed E-state index contributed by atoms with van der Waals surface area (Å²) < 4.78 is 0. The van der Waals surface area contributed by atoms with Crippen LogP contribution in [0.2, 0.25) is 5.02 Å². The van der Waals surface area contributed by atoms with E-state index in [9.17, 15) is 14.4 Å². The molecule has 0 bridgehead atoms. The zero-order valence-corrected chi connectivity index (χ0v) is 18.4. The van der Waals surface area contributed by atoms with Crippen LogP contribution in [0, 0.1) is 0 Å². The number of carbonyl (C=O) groups is 3. The fourth-order valence-corrected chi connectivity index (χ4v) is 3.75. The normalized spacial score (nSPS) is 13.0. The monoisotopic (exact) mass is 448 g/mol. The third-order valence-electron chi connectivity index (χ3n) is 4.65. The van der Waals surface area contributed by atoms with Gasteiger partial charge in [-0.25, -0.2) is 4.98 Å². The second-order valence-electron chi connectivity index (χ2n) is 7.24. The van der Waals surface area contributed by atoms with Crippen LogP contribution in [0.15, 0.2) is 29.6 Å². The van der Waals surface area contributed by atoms with Crippen LogP contribution in [0.1, 0.15) is 48.7 Å². The fourth-order valence-electron chi connectivity index (χ4n) is 2.90. The van der Waals surface area contributed by atoms with Crippen LogP contribution in [0.3, 0.4) is 0 Å². The maximum atomic E-state index is 12.8. The number of nitrogens with zero attached hydrogens (tertiary/aromatic N) is 2. The second kappa shape index (κ2) is 10.5. The third kappa shape index (κ3) is 6.53. The number of aromatic nitrogens is 1. The van der Waals surface area contributed by atoms with Crippen molar-refractivity contribution in [1.82, 2.24) is 15.2 Å². The van der Waals surface area contributed by atoms with Gasteiger partial charge in [-0.1, -0.05) is 24.9 Å². The molecule has 9 heteroatoms. The molecule has 2 aromatic rings. The Morgan fingerprint density at radius 2 is 1.93 bits per heavy atom. The van der Waals surface area contributed by atoms with Gasteiger partial charge >= 0.3 is 0 Å². The summed E-state index contributed by atoms with van der Waals surface area (Å²) in [6.45, 7) is 2.68. The molecule has 30 heavy (non-hydrogen) atoms. The Morgan fingerprint density at radius 3 is 2.60 bits per heavy atom. The molecule has 0 atom stereocenters. The highest BCUT2D eigenvalue weighted by Crippen LogP contribution is 2.28. The summed E-state index contributed by atoms with van der Waals surface area (Å²) in [4.78, 5) is 43.1. The smallest absolute Gasteiger partial charge is 0.254 e. The van der Waals surface area contributed by atoms with Crippen LogP contribution in [0.25, 0.3) is 0 Å². The Morgan fingerprint density at radius 1 is 1.20 bits per heavy atom. The van der Waals surface area contributed by atoms with Crippen molar-refractivity contribution in [2.24, 2.45) is 0 Å². The van der Waals surface area contributed by atoms with Gasteiger partial charge in [0.25, 0.3) is 5.91 Å². The zero-order valence-electron chi connectivity index (χ0n) is 16.8. The Hall–Kier alpha value is -2.45. The Kier molecular flexibility index (Phi) is 7.81. The van der Waals surface area contributed by atoms with Crippen LogP contribution in [-0.4, -0.2) is 46.7 Å². The molecule has 0 aliphatic heterocycles. The van der Waals surface area contributed by atoms with Crippen LogP contribution in [0.4, 0.5) is 5.13 Å². The van der Waals surface area contributed by atoms with E-state index in [0.717, 1.165) is 25.7 Å². The van der Waals surface area contributed by atoms with E-state index in [0.29, 0.717) is 28.0 Å². The number of rotatable bonds is 10. The third-order valence-corrected chi connectivity index (χ3v) is 5.70. The molecule has 1 aliphatic rings. The number of thiazole rings is 1. The molecule has 1 aromatic heterocycles. The average Bonchev–Trinajstić information content (AvgIpc) is 3.47. The molecule has 1 fully saturated rings. The summed E-state index contributed by atoms with van der Waals surface area (Å²) in [7, 11) is 0. The molecule has 0 spiro atoms. The van der Waals surface area contributed by atoms with E-state index in [2.05, 4.69) is 22.5 Å². The first-order valence-corrected chi connectivity index (χ1v) is 11.3. The van der Waals surface area contributed by atoms with Crippen molar-refractivity contribution in [3.63, 3.8) is 0 Å². The molecular weight excluding hydrogens is 424 g/mol. The molecule has 160 valence electrons. The predicted molar refractivity (Wildman–Crippen MR) is 118 cm³/mol. The number of hydrogen-bond donors (Lipinski definition) is 2. The van der Waals surface area contributed by atoms with Gasteiger partial charge in [0.2, 0.25) is 11.8 Å². The maximum Gasteiger partial charge on any atom is 0.254 e. The van der Waals surface area contributed by atoms with Gasteiger partial charge < -0.3 is 15.5 Å². The summed E-state index contributed by atoms with van der Waals surface area (Å²) >= 11 is 7.16. The maximum absolute atomic E-state index is 12.8. The van der Waals surface area contributed by atoms with E-state index in [-0.39, 0.29) is 36.7 Å². The largest absolute Gasteiger partial charge is 0.356 e. The van der Waals surface area contributed by atoms with Crippen LogP contribution in [0.5, 0.6) is 0 Å². The molecule has 0 radical (unpaired) electrons. The van der Waals surface area contributed by atoms with Gasteiger partial charge in [-0.05, 0) is 43.5 Å². The lowest BCUT2D eigenvalue weighted by Crippen LogP contribution is -2.39. The fraction of sp³-hybridized carbons (Fsp3) is 0.429. The van der Waals surface area contributed by atoms with E-state index in [1.807, 2.05) is 0 Å². The summed E-state index contributed by atoms with van der Waals surface area (Å²) in [6.07, 6.45) is 3.92. The van der Waals surface area contributed by atoms with E-state index in [1.54, 1.807) is 34.5 Å². The number of nitrogens with one attached hydrogen (secondary N) is 2. The minimum Gasteiger partial charge on any atom is -0.356 e. The first-order valence-electron chi connectivity index (χ1n) is 10.0. The topological polar surface area (TPSA) is 91.4 Å². The summed E-state index contributed by atoms with van der Waals surface area (Å²) in [5.41, 5.74) is 1.12. The standard InChI is InChI=1S/C21H25ClN4O3S/c1-2-3-10-23-18(27)11-16-13-30-21(24-16)25-19(28)12-26(17-8-9-17)20(29)14-4-6-15(22)7-5-14/h4-7,13,17H,2-3,8-12H2,1H3,(H,23,27)(H,24,25,28). The predicted octanol–water partition coefficient (Wildman–Crippen LogP) is 3.50. The first-order chi connectivity index (χ1) is 14.5. The second-order valence-corrected chi connectivity index (χ2v) is 8.54. The van der Waals surface area contributed by atoms with Gasteiger partial charge in [0, 0.05) is 28.6 Å². The number of amides is 3. The minimum atomic E-state index is -0.308. The van der Waals surface area contributed by atoms with Crippen molar-refractivity contribution < 1.29 is 14.4 Å². The number of halogens is 1. The van der Waals surface area contributed by atoms with E-state index < -0.39 is 0 Å². The van der Waals surface area contributed by atoms with Crippen LogP contribution in [-0.2, 0) is 16.0 Å². The average molecular weight is 449 g/mol. The van der Waals surface area contributed by atoms with Crippen molar-refractivity contribution >= 4 is 45.8 Å². The molecule has 3 rings (SSSR count). The Labute approximate surface area is 184 Å². The van der Waals surface area contributed by atoms with Gasteiger partial charge in [0.1, 0.15) is 6.54 Å². The number of anilines is 1. The number of hydrogen-bond acceptors (Lipinski definition) is 5. The lowest BCUT2D eigenvalue weighted by atomic mass is 10.2. The highest BCUT2D eigenvalue weighted by molar-refractivity contribution is 7.13. The molecule has 7 nitrogen and oxygen atoms in total. The molecule has 2 N–H and O–H groups in total. The molecule has 0 saturated heterocycles. The summed E-state index contributed by atoms with van der Waals surface area (Å²) in [5.74, 6) is -0.578. The minimum absolute atomic E-state index is 0.0431. The van der Waals surface area contributed by atoms with E-state index in [1.165, 1.54) is 11.3 Å². The lowest BCUT2D eigenvalue weighted by molar-refractivity contribution is -0.120. The quantitative estimate of drug-likeness (QED) is 0.544. The van der Waals surface area contributed by atoms with Crippen LogP contribution >= 0.6 is 22.9 Å². The molecule has 1 aliphatic carbocycles. The number of carbonyl (C=O) groups excluding carboxylic acids is 3. The van der Waals surface area contributed by atoms with Gasteiger partial charge in [-0.3, -0.25) is 14.4 Å². The van der Waals surface area contributed by atoms with Crippen molar-refractivity contribution in [1.29, 1.82) is 0 Å². The van der Waals surface area contributed by atoms with Crippen molar-refractivity contribution in [3.05, 3.63) is 45.9 Å². The number of benzene rings is 1. The highest BCUT2D eigenvalue weighted by Gasteiger charge is 2.34. The van der Waals surface area contributed by atoms with Crippen molar-refractivity contribution in [3.8, 4) is 0 Å². The first kappa shape index (κ1) is 22.2. The highest BCUT2D eigenvalue weighted by atomic mass is 35.5. The molecule has 1 saturated carbocycles. The number of unbranched alkanes of at least 4 members (excludes halogenated alkanes) is 1. The van der Waals surface area contributed by atoms with Gasteiger partial charge in [-0.15, -0.1) is 11.3 Å². The van der Waals surface area contributed by atoms with Crippen LogP contribution < -0.4 is 10.6 Å². The Balaban J connectivity index is 1.54. The summed E-state index contributed by atoms with van der Waals surface area (Å²) in [6, 6.07) is 6.73. The lowest BCUT2D eigenvalue weighted by Gasteiger charge is -2.21. The summed E-state index contributed by atoms with van der Waals surface area (Å²) in [5, 5.41) is 8.32. The van der Waals surface area contributed by atoms with E-state index in [4.69, 9.17) is 11.6 Å². The van der Waals surface area contributed by atoms with Crippen molar-refractivity contribution in [2.45, 2.75) is 45.1 Å². The molecule has 0 unspecified atom stereocenters. The van der Waals surface area contributed by atoms with Crippen molar-refractivity contribution in [2.75, 3.05) is 18.4 Å². The zero-order chi connectivity index (χ0) is 21.5. The molecule has 3 amide bonds.